The average molecular weight is 292 g/mol. The van der Waals surface area contributed by atoms with Crippen molar-refractivity contribution in [3.8, 4) is 5.69 Å². The van der Waals surface area contributed by atoms with Gasteiger partial charge in [-0.2, -0.15) is 11.8 Å². The number of benzene rings is 1. The van der Waals surface area contributed by atoms with Crippen molar-refractivity contribution in [1.29, 1.82) is 0 Å². The van der Waals surface area contributed by atoms with E-state index in [-0.39, 0.29) is 5.91 Å². The van der Waals surface area contributed by atoms with Crippen molar-refractivity contribution in [3.05, 3.63) is 30.6 Å². The molecule has 20 heavy (non-hydrogen) atoms. The van der Waals surface area contributed by atoms with Crippen LogP contribution in [0.3, 0.4) is 0 Å². The Labute approximate surface area is 120 Å². The summed E-state index contributed by atoms with van der Waals surface area (Å²) in [5.74, 6) is 0.673. The van der Waals surface area contributed by atoms with Gasteiger partial charge in [0.1, 0.15) is 6.33 Å². The van der Waals surface area contributed by atoms with Crippen LogP contribution in [0.25, 0.3) is 5.69 Å². The molecule has 0 radical (unpaired) electrons. The van der Waals surface area contributed by atoms with E-state index in [2.05, 4.69) is 20.8 Å². The highest BCUT2D eigenvalue weighted by atomic mass is 32.2. The fourth-order valence-corrected chi connectivity index (χ4v) is 2.11. The lowest BCUT2D eigenvalue weighted by Gasteiger charge is -2.12. The van der Waals surface area contributed by atoms with Crippen LogP contribution >= 0.6 is 11.8 Å². The molecule has 0 spiro atoms. The highest BCUT2D eigenvalue weighted by Crippen LogP contribution is 2.13. The van der Waals surface area contributed by atoms with Crippen molar-refractivity contribution in [2.75, 3.05) is 17.3 Å². The number of thioether (sulfide) groups is 1. The van der Waals surface area contributed by atoms with Crippen LogP contribution in [0.2, 0.25) is 0 Å². The molecule has 0 unspecified atom stereocenters. The first-order chi connectivity index (χ1) is 9.70. The maximum absolute atomic E-state index is 11.9. The number of amides is 1. The summed E-state index contributed by atoms with van der Waals surface area (Å²) in [6.45, 7) is 0. The van der Waals surface area contributed by atoms with E-state index in [0.717, 1.165) is 11.4 Å². The van der Waals surface area contributed by atoms with E-state index in [1.54, 1.807) is 23.9 Å². The van der Waals surface area contributed by atoms with Crippen molar-refractivity contribution >= 4 is 23.4 Å². The molecule has 1 aromatic heterocycles. The standard InChI is InChI=1S/C12H16N6OS/c1-20-6-5-11(13)12(19)15-9-3-2-4-10(7-9)18-8-14-16-17-18/h2-4,7-8,11H,5-6,13H2,1H3,(H,15,19)/t11-/m1/s1. The van der Waals surface area contributed by atoms with Crippen LogP contribution in [-0.4, -0.2) is 44.2 Å². The Bertz CT molecular complexity index is 559. The first-order valence-corrected chi connectivity index (χ1v) is 7.49. The van der Waals surface area contributed by atoms with Crippen molar-refractivity contribution in [2.24, 2.45) is 5.73 Å². The van der Waals surface area contributed by atoms with Gasteiger partial charge in [0.25, 0.3) is 0 Å². The monoisotopic (exact) mass is 292 g/mol. The molecule has 1 atom stereocenters. The molecule has 2 rings (SSSR count). The molecular formula is C12H16N6OS. The van der Waals surface area contributed by atoms with Gasteiger partial charge in [0, 0.05) is 5.69 Å². The molecule has 2 aromatic rings. The minimum absolute atomic E-state index is 0.187. The Morgan fingerprint density at radius 1 is 1.55 bits per heavy atom. The van der Waals surface area contributed by atoms with Gasteiger partial charge in [0.05, 0.1) is 11.7 Å². The second-order valence-electron chi connectivity index (χ2n) is 4.18. The molecule has 8 heteroatoms. The topological polar surface area (TPSA) is 98.7 Å². The number of nitrogens with one attached hydrogen (secondary N) is 1. The zero-order valence-electron chi connectivity index (χ0n) is 11.1. The summed E-state index contributed by atoms with van der Waals surface area (Å²) in [6, 6.07) is 6.75. The lowest BCUT2D eigenvalue weighted by molar-refractivity contribution is -0.117. The first kappa shape index (κ1) is 14.5. The van der Waals surface area contributed by atoms with Gasteiger partial charge in [-0.25, -0.2) is 4.68 Å². The SMILES string of the molecule is CSCC[C@@H](N)C(=O)Nc1cccc(-n2cnnn2)c1. The molecule has 0 aliphatic heterocycles. The zero-order valence-corrected chi connectivity index (χ0v) is 11.9. The third-order valence-corrected chi connectivity index (χ3v) is 3.34. The maximum atomic E-state index is 11.9. The van der Waals surface area contributed by atoms with Crippen molar-refractivity contribution in [3.63, 3.8) is 0 Å². The van der Waals surface area contributed by atoms with E-state index < -0.39 is 6.04 Å². The van der Waals surface area contributed by atoms with Crippen molar-refractivity contribution in [2.45, 2.75) is 12.5 Å². The van der Waals surface area contributed by atoms with Gasteiger partial charge in [-0.1, -0.05) is 6.07 Å². The Balaban J connectivity index is 2.03. The highest BCUT2D eigenvalue weighted by molar-refractivity contribution is 7.98. The number of anilines is 1. The van der Waals surface area contributed by atoms with Crippen LogP contribution in [0.15, 0.2) is 30.6 Å². The Morgan fingerprint density at radius 3 is 3.10 bits per heavy atom. The number of hydrogen-bond donors (Lipinski definition) is 2. The number of rotatable bonds is 6. The second-order valence-corrected chi connectivity index (χ2v) is 5.17. The van der Waals surface area contributed by atoms with Crippen LogP contribution in [0.5, 0.6) is 0 Å². The molecule has 0 saturated carbocycles. The normalized spacial score (nSPS) is 12.1. The van der Waals surface area contributed by atoms with E-state index in [1.165, 1.54) is 11.0 Å². The number of hydrogen-bond acceptors (Lipinski definition) is 6. The average Bonchev–Trinajstić information content (AvgIpc) is 2.99. The summed E-state index contributed by atoms with van der Waals surface area (Å²) in [5, 5.41) is 13.7. The molecule has 0 fully saturated rings. The van der Waals surface area contributed by atoms with E-state index >= 15 is 0 Å². The molecule has 0 bridgehead atoms. The first-order valence-electron chi connectivity index (χ1n) is 6.09. The third-order valence-electron chi connectivity index (χ3n) is 2.70. The molecule has 106 valence electrons. The number of aromatic nitrogens is 4. The number of nitrogens with zero attached hydrogens (tertiary/aromatic N) is 4. The smallest absolute Gasteiger partial charge is 0.241 e. The summed E-state index contributed by atoms with van der Waals surface area (Å²) in [6.07, 6.45) is 4.13. The van der Waals surface area contributed by atoms with E-state index in [4.69, 9.17) is 5.73 Å². The van der Waals surface area contributed by atoms with E-state index in [0.29, 0.717) is 12.1 Å². The zero-order chi connectivity index (χ0) is 14.4. The Kier molecular flexibility index (Phi) is 5.08. The van der Waals surface area contributed by atoms with Gasteiger partial charge in [0.2, 0.25) is 5.91 Å². The second kappa shape index (κ2) is 7.01. The quantitative estimate of drug-likeness (QED) is 0.812. The highest BCUT2D eigenvalue weighted by Gasteiger charge is 2.13. The number of carbonyl (C=O) groups excluding carboxylic acids is 1. The van der Waals surface area contributed by atoms with Gasteiger partial charge in [-0.15, -0.1) is 5.10 Å². The van der Waals surface area contributed by atoms with Crippen LogP contribution in [0, 0.1) is 0 Å². The molecule has 1 heterocycles. The van der Waals surface area contributed by atoms with E-state index in [9.17, 15) is 4.79 Å². The Hall–Kier alpha value is -1.93. The van der Waals surface area contributed by atoms with Gasteiger partial charge >= 0.3 is 0 Å². The lowest BCUT2D eigenvalue weighted by atomic mass is 10.2. The molecule has 1 aromatic carbocycles. The summed E-state index contributed by atoms with van der Waals surface area (Å²) in [4.78, 5) is 11.9. The fourth-order valence-electron chi connectivity index (χ4n) is 1.62. The third kappa shape index (κ3) is 3.78. The molecule has 0 aliphatic rings. The number of nitrogens with two attached hydrogens (primary N) is 1. The molecule has 0 saturated heterocycles. The maximum Gasteiger partial charge on any atom is 0.241 e. The molecule has 0 aliphatic carbocycles. The van der Waals surface area contributed by atoms with Gasteiger partial charge in [-0.05, 0) is 47.1 Å². The predicted molar refractivity (Wildman–Crippen MR) is 78.8 cm³/mol. The largest absolute Gasteiger partial charge is 0.325 e. The molecule has 3 N–H and O–H groups in total. The predicted octanol–water partition coefficient (Wildman–Crippen LogP) is 0.681. The molecule has 1 amide bonds. The van der Waals surface area contributed by atoms with Gasteiger partial charge in [-0.3, -0.25) is 4.79 Å². The van der Waals surface area contributed by atoms with Crippen molar-refractivity contribution in [1.82, 2.24) is 20.2 Å². The van der Waals surface area contributed by atoms with Crippen LogP contribution in [-0.2, 0) is 4.79 Å². The summed E-state index contributed by atoms with van der Waals surface area (Å²) in [5.41, 5.74) is 7.26. The minimum atomic E-state index is -0.501. The minimum Gasteiger partial charge on any atom is -0.325 e. The van der Waals surface area contributed by atoms with Crippen LogP contribution in [0.1, 0.15) is 6.42 Å². The van der Waals surface area contributed by atoms with Gasteiger partial charge in [0.15, 0.2) is 0 Å². The molecule has 7 nitrogen and oxygen atoms in total. The van der Waals surface area contributed by atoms with E-state index in [1.807, 2.05) is 18.4 Å². The van der Waals surface area contributed by atoms with Crippen LogP contribution in [0.4, 0.5) is 5.69 Å². The van der Waals surface area contributed by atoms with Gasteiger partial charge < -0.3 is 11.1 Å². The number of carbonyl (C=O) groups is 1. The molecular weight excluding hydrogens is 276 g/mol. The lowest BCUT2D eigenvalue weighted by Crippen LogP contribution is -2.36. The fraction of sp³-hybridized carbons (Fsp3) is 0.333. The van der Waals surface area contributed by atoms with Crippen LogP contribution < -0.4 is 11.1 Å². The summed E-state index contributed by atoms with van der Waals surface area (Å²) in [7, 11) is 0. The summed E-state index contributed by atoms with van der Waals surface area (Å²) >= 11 is 1.67. The number of tetrazole rings is 1. The summed E-state index contributed by atoms with van der Waals surface area (Å²) < 4.78 is 1.52. The Morgan fingerprint density at radius 2 is 2.40 bits per heavy atom. The van der Waals surface area contributed by atoms with Crippen molar-refractivity contribution < 1.29 is 4.79 Å².